The second-order valence-corrected chi connectivity index (χ2v) is 3.98. The SMILES string of the molecule is Clc1nccc(OCc2ccc3c(c2)OCO3)n1. The number of ether oxygens (including phenoxy) is 3. The molecular formula is C12H9ClN2O3. The Balaban J connectivity index is 1.70. The topological polar surface area (TPSA) is 53.5 Å². The van der Waals surface area contributed by atoms with Gasteiger partial charge in [0.2, 0.25) is 18.0 Å². The van der Waals surface area contributed by atoms with E-state index in [4.69, 9.17) is 25.8 Å². The molecule has 0 atom stereocenters. The summed E-state index contributed by atoms with van der Waals surface area (Å²) in [7, 11) is 0. The van der Waals surface area contributed by atoms with E-state index in [0.717, 1.165) is 17.1 Å². The van der Waals surface area contributed by atoms with Crippen LogP contribution >= 0.6 is 11.6 Å². The number of nitrogens with zero attached hydrogens (tertiary/aromatic N) is 2. The zero-order valence-corrected chi connectivity index (χ0v) is 10.1. The van der Waals surface area contributed by atoms with Gasteiger partial charge in [0.05, 0.1) is 0 Å². The standard InChI is InChI=1S/C12H9ClN2O3/c13-12-14-4-3-11(15-12)16-6-8-1-2-9-10(5-8)18-7-17-9/h1-5H,6-7H2. The van der Waals surface area contributed by atoms with Gasteiger partial charge in [-0.05, 0) is 29.3 Å². The number of benzene rings is 1. The minimum atomic E-state index is 0.165. The molecule has 0 N–H and O–H groups in total. The average molecular weight is 265 g/mol. The molecule has 6 heteroatoms. The Bertz CT molecular complexity index is 577. The Kier molecular flexibility index (Phi) is 2.90. The van der Waals surface area contributed by atoms with Crippen molar-refractivity contribution in [3.63, 3.8) is 0 Å². The molecule has 0 fully saturated rings. The summed E-state index contributed by atoms with van der Waals surface area (Å²) in [6.45, 7) is 0.644. The minimum absolute atomic E-state index is 0.165. The first-order valence-corrected chi connectivity index (χ1v) is 5.69. The molecular weight excluding hydrogens is 256 g/mol. The number of fused-ring (bicyclic) bond motifs is 1. The van der Waals surface area contributed by atoms with Crippen LogP contribution in [0, 0.1) is 0 Å². The molecule has 2 aromatic rings. The zero-order valence-electron chi connectivity index (χ0n) is 9.30. The van der Waals surface area contributed by atoms with E-state index < -0.39 is 0 Å². The lowest BCUT2D eigenvalue weighted by molar-refractivity contribution is 0.174. The van der Waals surface area contributed by atoms with Gasteiger partial charge in [-0.25, -0.2) is 4.98 Å². The first kappa shape index (κ1) is 11.1. The third-order valence-electron chi connectivity index (χ3n) is 2.42. The predicted octanol–water partition coefficient (Wildman–Crippen LogP) is 2.44. The molecule has 0 spiro atoms. The summed E-state index contributed by atoms with van der Waals surface area (Å²) in [5.74, 6) is 1.92. The number of hydrogen-bond donors (Lipinski definition) is 0. The Hall–Kier alpha value is -2.01. The monoisotopic (exact) mass is 264 g/mol. The Morgan fingerprint density at radius 3 is 3.00 bits per heavy atom. The van der Waals surface area contributed by atoms with Crippen molar-refractivity contribution in [1.82, 2.24) is 9.97 Å². The molecule has 92 valence electrons. The third-order valence-corrected chi connectivity index (χ3v) is 2.61. The maximum atomic E-state index is 5.66. The second-order valence-electron chi connectivity index (χ2n) is 3.64. The maximum Gasteiger partial charge on any atom is 0.231 e. The van der Waals surface area contributed by atoms with E-state index in [2.05, 4.69) is 9.97 Å². The summed E-state index contributed by atoms with van der Waals surface area (Å²) < 4.78 is 16.0. The van der Waals surface area contributed by atoms with Crippen molar-refractivity contribution in [3.8, 4) is 17.4 Å². The first-order chi connectivity index (χ1) is 8.81. The van der Waals surface area contributed by atoms with Gasteiger partial charge in [-0.3, -0.25) is 0 Å². The van der Waals surface area contributed by atoms with Crippen LogP contribution in [0.3, 0.4) is 0 Å². The number of halogens is 1. The van der Waals surface area contributed by atoms with Crippen LogP contribution < -0.4 is 14.2 Å². The molecule has 0 bridgehead atoms. The maximum absolute atomic E-state index is 5.66. The van der Waals surface area contributed by atoms with Crippen molar-refractivity contribution in [2.24, 2.45) is 0 Å². The summed E-state index contributed by atoms with van der Waals surface area (Å²) in [6.07, 6.45) is 1.55. The van der Waals surface area contributed by atoms with E-state index in [9.17, 15) is 0 Å². The van der Waals surface area contributed by atoms with Gasteiger partial charge >= 0.3 is 0 Å². The van der Waals surface area contributed by atoms with Gasteiger partial charge < -0.3 is 14.2 Å². The largest absolute Gasteiger partial charge is 0.473 e. The van der Waals surface area contributed by atoms with Crippen LogP contribution in [0.2, 0.25) is 5.28 Å². The zero-order chi connectivity index (χ0) is 12.4. The lowest BCUT2D eigenvalue weighted by Gasteiger charge is -2.05. The van der Waals surface area contributed by atoms with Crippen LogP contribution in [-0.4, -0.2) is 16.8 Å². The van der Waals surface area contributed by atoms with Crippen LogP contribution in [0.15, 0.2) is 30.5 Å². The summed E-state index contributed by atoms with van der Waals surface area (Å²) in [5, 5.41) is 0.165. The van der Waals surface area contributed by atoms with Crippen molar-refractivity contribution in [1.29, 1.82) is 0 Å². The van der Waals surface area contributed by atoms with Gasteiger partial charge in [0, 0.05) is 12.3 Å². The van der Waals surface area contributed by atoms with Crippen molar-refractivity contribution >= 4 is 11.6 Å². The molecule has 2 heterocycles. The summed E-state index contributed by atoms with van der Waals surface area (Å²) in [5.41, 5.74) is 0.967. The van der Waals surface area contributed by atoms with Gasteiger partial charge in [-0.2, -0.15) is 4.98 Å². The molecule has 0 unspecified atom stereocenters. The summed E-state index contributed by atoms with van der Waals surface area (Å²) in [4.78, 5) is 7.72. The highest BCUT2D eigenvalue weighted by atomic mass is 35.5. The quantitative estimate of drug-likeness (QED) is 0.797. The van der Waals surface area contributed by atoms with Crippen molar-refractivity contribution in [3.05, 3.63) is 41.3 Å². The Morgan fingerprint density at radius 2 is 2.11 bits per heavy atom. The van der Waals surface area contributed by atoms with Crippen LogP contribution in [0.5, 0.6) is 17.4 Å². The molecule has 0 saturated carbocycles. The fourth-order valence-corrected chi connectivity index (χ4v) is 1.73. The Morgan fingerprint density at radius 1 is 1.22 bits per heavy atom. The lowest BCUT2D eigenvalue weighted by Crippen LogP contribution is -1.97. The first-order valence-electron chi connectivity index (χ1n) is 5.31. The highest BCUT2D eigenvalue weighted by molar-refractivity contribution is 6.28. The molecule has 0 radical (unpaired) electrons. The summed E-state index contributed by atoms with van der Waals surface area (Å²) in [6, 6.07) is 7.30. The fourth-order valence-electron chi connectivity index (χ4n) is 1.59. The summed E-state index contributed by atoms with van der Waals surface area (Å²) >= 11 is 5.66. The lowest BCUT2D eigenvalue weighted by atomic mass is 10.2. The van der Waals surface area contributed by atoms with E-state index >= 15 is 0 Å². The van der Waals surface area contributed by atoms with Crippen LogP contribution in [0.4, 0.5) is 0 Å². The number of aromatic nitrogens is 2. The second kappa shape index (κ2) is 4.70. The van der Waals surface area contributed by atoms with E-state index in [0.29, 0.717) is 12.5 Å². The molecule has 1 aliphatic rings. The average Bonchev–Trinajstić information content (AvgIpc) is 2.84. The highest BCUT2D eigenvalue weighted by Gasteiger charge is 2.13. The number of rotatable bonds is 3. The Labute approximate surface area is 108 Å². The molecule has 1 aromatic heterocycles. The van der Waals surface area contributed by atoms with Gasteiger partial charge in [0.15, 0.2) is 11.5 Å². The smallest absolute Gasteiger partial charge is 0.231 e. The van der Waals surface area contributed by atoms with E-state index in [1.54, 1.807) is 12.3 Å². The van der Waals surface area contributed by atoms with Gasteiger partial charge in [-0.15, -0.1) is 0 Å². The molecule has 0 aliphatic carbocycles. The van der Waals surface area contributed by atoms with Gasteiger partial charge in [0.25, 0.3) is 0 Å². The third kappa shape index (κ3) is 2.31. The molecule has 0 amide bonds. The van der Waals surface area contributed by atoms with E-state index in [-0.39, 0.29) is 12.1 Å². The minimum Gasteiger partial charge on any atom is -0.473 e. The molecule has 5 nitrogen and oxygen atoms in total. The normalized spacial score (nSPS) is 12.5. The molecule has 3 rings (SSSR count). The molecule has 1 aliphatic heterocycles. The van der Waals surface area contributed by atoms with Crippen LogP contribution in [0.25, 0.3) is 0 Å². The van der Waals surface area contributed by atoms with Crippen molar-refractivity contribution in [2.45, 2.75) is 6.61 Å². The van der Waals surface area contributed by atoms with Crippen molar-refractivity contribution < 1.29 is 14.2 Å². The molecule has 0 saturated heterocycles. The van der Waals surface area contributed by atoms with Crippen molar-refractivity contribution in [2.75, 3.05) is 6.79 Å². The molecule has 18 heavy (non-hydrogen) atoms. The number of hydrogen-bond acceptors (Lipinski definition) is 5. The predicted molar refractivity (Wildman–Crippen MR) is 63.9 cm³/mol. The van der Waals surface area contributed by atoms with E-state index in [1.807, 2.05) is 18.2 Å². The van der Waals surface area contributed by atoms with Gasteiger partial charge in [0.1, 0.15) is 6.61 Å². The highest BCUT2D eigenvalue weighted by Crippen LogP contribution is 2.32. The van der Waals surface area contributed by atoms with Crippen LogP contribution in [0.1, 0.15) is 5.56 Å². The fraction of sp³-hybridized carbons (Fsp3) is 0.167. The van der Waals surface area contributed by atoms with Gasteiger partial charge in [-0.1, -0.05) is 6.07 Å². The molecule has 1 aromatic carbocycles. The van der Waals surface area contributed by atoms with Crippen LogP contribution in [-0.2, 0) is 6.61 Å². The van der Waals surface area contributed by atoms with E-state index in [1.165, 1.54) is 0 Å².